The maximum Gasteiger partial charge on any atom is 0.257 e. The van der Waals surface area contributed by atoms with Crippen LogP contribution in [0.2, 0.25) is 0 Å². The molecule has 0 aliphatic rings. The summed E-state index contributed by atoms with van der Waals surface area (Å²) in [7, 11) is 0. The van der Waals surface area contributed by atoms with E-state index in [-0.39, 0.29) is 0 Å². The van der Waals surface area contributed by atoms with Crippen molar-refractivity contribution in [3.8, 4) is 11.6 Å². The summed E-state index contributed by atoms with van der Waals surface area (Å²) in [5, 5.41) is 0. The minimum atomic E-state index is 0.605. The molecule has 0 spiro atoms. The average molecular weight is 195 g/mol. The second-order valence-electron chi connectivity index (χ2n) is 2.82. The molecule has 3 nitrogen and oxygen atoms in total. The van der Waals surface area contributed by atoms with Crippen LogP contribution in [0.5, 0.6) is 11.6 Å². The van der Waals surface area contributed by atoms with Crippen LogP contribution in [0, 0.1) is 0 Å². The van der Waals surface area contributed by atoms with Crippen LogP contribution in [0.4, 0.5) is 0 Å². The third-order valence-electron chi connectivity index (χ3n) is 1.90. The van der Waals surface area contributed by atoms with Crippen LogP contribution in [0.25, 0.3) is 0 Å². The molecular weight excluding hydrogens is 178 g/mol. The molecular formula is C11H17NO2. The first-order valence-corrected chi connectivity index (χ1v) is 5.06. The highest BCUT2D eigenvalue weighted by Crippen LogP contribution is 2.29. The molecule has 0 radical (unpaired) electrons. The number of hydrogen-bond donors (Lipinski definition) is 0. The predicted molar refractivity (Wildman–Crippen MR) is 56.0 cm³/mol. The van der Waals surface area contributed by atoms with Gasteiger partial charge in [-0.2, -0.15) is 0 Å². The lowest BCUT2D eigenvalue weighted by atomic mass is 10.2. The molecule has 1 heterocycles. The predicted octanol–water partition coefficient (Wildman–Crippen LogP) is 2.44. The van der Waals surface area contributed by atoms with E-state index < -0.39 is 0 Å². The van der Waals surface area contributed by atoms with Gasteiger partial charge in [0.05, 0.1) is 13.2 Å². The molecule has 0 aromatic carbocycles. The highest BCUT2D eigenvalue weighted by atomic mass is 16.5. The molecule has 0 saturated carbocycles. The Morgan fingerprint density at radius 1 is 1.14 bits per heavy atom. The Morgan fingerprint density at radius 3 is 2.43 bits per heavy atom. The van der Waals surface area contributed by atoms with Gasteiger partial charge in [0.1, 0.15) is 0 Å². The van der Waals surface area contributed by atoms with Crippen LogP contribution in [0.1, 0.15) is 26.3 Å². The molecule has 78 valence electrons. The summed E-state index contributed by atoms with van der Waals surface area (Å²) in [6.45, 7) is 7.24. The molecule has 0 unspecified atom stereocenters. The normalized spacial score (nSPS) is 9.93. The van der Waals surface area contributed by atoms with Gasteiger partial charge >= 0.3 is 0 Å². The number of pyridine rings is 1. The first-order chi connectivity index (χ1) is 6.83. The Bertz CT molecular complexity index is 287. The van der Waals surface area contributed by atoms with E-state index in [0.29, 0.717) is 19.1 Å². The third kappa shape index (κ3) is 2.37. The minimum absolute atomic E-state index is 0.605. The van der Waals surface area contributed by atoms with Gasteiger partial charge in [0, 0.05) is 11.8 Å². The number of nitrogens with zero attached hydrogens (tertiary/aromatic N) is 1. The zero-order valence-corrected chi connectivity index (χ0v) is 9.04. The number of hydrogen-bond acceptors (Lipinski definition) is 3. The van der Waals surface area contributed by atoms with Gasteiger partial charge in [0.2, 0.25) is 0 Å². The molecule has 0 atom stereocenters. The fourth-order valence-electron chi connectivity index (χ4n) is 1.28. The van der Waals surface area contributed by atoms with Crippen molar-refractivity contribution in [2.45, 2.75) is 27.2 Å². The van der Waals surface area contributed by atoms with E-state index in [0.717, 1.165) is 17.7 Å². The van der Waals surface area contributed by atoms with Gasteiger partial charge in [-0.15, -0.1) is 0 Å². The van der Waals surface area contributed by atoms with Crippen LogP contribution in [-0.4, -0.2) is 18.2 Å². The largest absolute Gasteiger partial charge is 0.488 e. The number of aromatic nitrogens is 1. The zero-order chi connectivity index (χ0) is 10.4. The lowest BCUT2D eigenvalue weighted by Gasteiger charge is -2.12. The quantitative estimate of drug-likeness (QED) is 0.723. The summed E-state index contributed by atoms with van der Waals surface area (Å²) in [4.78, 5) is 4.15. The molecule has 0 aliphatic carbocycles. The van der Waals surface area contributed by atoms with Crippen molar-refractivity contribution in [1.82, 2.24) is 4.98 Å². The lowest BCUT2D eigenvalue weighted by Crippen LogP contribution is -2.02. The average Bonchev–Trinajstić information content (AvgIpc) is 2.21. The van der Waals surface area contributed by atoms with Gasteiger partial charge in [-0.1, -0.05) is 6.92 Å². The smallest absolute Gasteiger partial charge is 0.257 e. The molecule has 0 N–H and O–H groups in total. The molecule has 0 aliphatic heterocycles. The van der Waals surface area contributed by atoms with Gasteiger partial charge in [-0.05, 0) is 26.3 Å². The monoisotopic (exact) mass is 195 g/mol. The molecule has 1 aromatic rings. The zero-order valence-electron chi connectivity index (χ0n) is 9.04. The molecule has 1 aromatic heterocycles. The summed E-state index contributed by atoms with van der Waals surface area (Å²) < 4.78 is 10.9. The van der Waals surface area contributed by atoms with Crippen molar-refractivity contribution in [3.63, 3.8) is 0 Å². The van der Waals surface area contributed by atoms with E-state index in [1.807, 2.05) is 19.9 Å². The second-order valence-corrected chi connectivity index (χ2v) is 2.82. The Hall–Kier alpha value is -1.25. The minimum Gasteiger partial charge on any atom is -0.488 e. The van der Waals surface area contributed by atoms with E-state index in [2.05, 4.69) is 11.9 Å². The number of rotatable bonds is 5. The van der Waals surface area contributed by atoms with Crippen molar-refractivity contribution in [1.29, 1.82) is 0 Å². The van der Waals surface area contributed by atoms with E-state index >= 15 is 0 Å². The second kappa shape index (κ2) is 5.47. The van der Waals surface area contributed by atoms with E-state index in [1.54, 1.807) is 6.20 Å². The maximum atomic E-state index is 5.52. The Morgan fingerprint density at radius 2 is 1.86 bits per heavy atom. The highest BCUT2D eigenvalue weighted by Gasteiger charge is 2.10. The lowest BCUT2D eigenvalue weighted by molar-refractivity contribution is 0.276. The fraction of sp³-hybridized carbons (Fsp3) is 0.545. The molecule has 0 amide bonds. The van der Waals surface area contributed by atoms with E-state index in [9.17, 15) is 0 Å². The number of ether oxygens (including phenoxy) is 2. The van der Waals surface area contributed by atoms with E-state index in [1.165, 1.54) is 0 Å². The van der Waals surface area contributed by atoms with Crippen molar-refractivity contribution < 1.29 is 9.47 Å². The summed E-state index contributed by atoms with van der Waals surface area (Å²) in [5.41, 5.74) is 1.14. The molecule has 0 saturated heterocycles. The third-order valence-corrected chi connectivity index (χ3v) is 1.90. The summed E-state index contributed by atoms with van der Waals surface area (Å²) in [5.74, 6) is 1.40. The van der Waals surface area contributed by atoms with Crippen LogP contribution in [-0.2, 0) is 6.42 Å². The molecule has 0 fully saturated rings. The molecule has 0 bridgehead atoms. The van der Waals surface area contributed by atoms with Crippen molar-refractivity contribution >= 4 is 0 Å². The van der Waals surface area contributed by atoms with Crippen LogP contribution < -0.4 is 9.47 Å². The summed E-state index contributed by atoms with van der Waals surface area (Å²) in [6.07, 6.45) is 2.68. The molecule has 3 heteroatoms. The first-order valence-electron chi connectivity index (χ1n) is 5.06. The molecule has 14 heavy (non-hydrogen) atoms. The standard InChI is InChI=1S/C11H17NO2/c1-4-9-7-8-12-11(14-6-3)10(9)13-5-2/h7-8H,4-6H2,1-3H3. The van der Waals surface area contributed by atoms with Crippen LogP contribution in [0.15, 0.2) is 12.3 Å². The first kappa shape index (κ1) is 10.8. The highest BCUT2D eigenvalue weighted by molar-refractivity contribution is 5.41. The topological polar surface area (TPSA) is 31.4 Å². The molecule has 1 rings (SSSR count). The van der Waals surface area contributed by atoms with Gasteiger partial charge in [-0.25, -0.2) is 4.98 Å². The SMILES string of the molecule is CCOc1nccc(CC)c1OCC. The Balaban J connectivity index is 3.00. The Labute approximate surface area is 85.1 Å². The maximum absolute atomic E-state index is 5.52. The summed E-state index contributed by atoms with van der Waals surface area (Å²) >= 11 is 0. The summed E-state index contributed by atoms with van der Waals surface area (Å²) in [6, 6.07) is 1.97. The van der Waals surface area contributed by atoms with Crippen LogP contribution >= 0.6 is 0 Å². The van der Waals surface area contributed by atoms with Gasteiger partial charge in [0.15, 0.2) is 5.75 Å². The number of aryl methyl sites for hydroxylation is 1. The van der Waals surface area contributed by atoms with Gasteiger partial charge < -0.3 is 9.47 Å². The Kier molecular flexibility index (Phi) is 4.23. The van der Waals surface area contributed by atoms with Crippen molar-refractivity contribution in [2.75, 3.05) is 13.2 Å². The van der Waals surface area contributed by atoms with Gasteiger partial charge in [0.25, 0.3) is 5.88 Å². The van der Waals surface area contributed by atoms with E-state index in [4.69, 9.17) is 9.47 Å². The van der Waals surface area contributed by atoms with Crippen LogP contribution in [0.3, 0.4) is 0 Å². The van der Waals surface area contributed by atoms with Crippen molar-refractivity contribution in [3.05, 3.63) is 17.8 Å². The van der Waals surface area contributed by atoms with Gasteiger partial charge in [-0.3, -0.25) is 0 Å². The van der Waals surface area contributed by atoms with Crippen molar-refractivity contribution in [2.24, 2.45) is 0 Å². The fourth-order valence-corrected chi connectivity index (χ4v) is 1.28.